The molecule has 0 bridgehead atoms. The van der Waals surface area contributed by atoms with Gasteiger partial charge in [0.05, 0.1) is 0 Å². The fourth-order valence-corrected chi connectivity index (χ4v) is 4.78. The maximum absolute atomic E-state index is 14.2. The SMILES string of the molecule is CC(=O)N1CC(c2cc(F)ccc2F)=CC12C(=O)NC1=C2CSC1. The fourth-order valence-electron chi connectivity index (χ4n) is 3.63. The highest BCUT2D eigenvalue weighted by Gasteiger charge is 2.56. The summed E-state index contributed by atoms with van der Waals surface area (Å²) in [6.45, 7) is 1.46. The number of hydrogen-bond donors (Lipinski definition) is 1. The van der Waals surface area contributed by atoms with E-state index in [2.05, 4.69) is 5.32 Å². The standard InChI is InChI=1S/C17H14F2N2O2S/c1-9(22)21-6-10(12-4-11(18)2-3-14(12)19)5-17(21)13-7-24-8-15(13)20-16(17)23/h2-5H,6-8H2,1H3,(H,20,23). The van der Waals surface area contributed by atoms with Gasteiger partial charge in [0, 0.05) is 36.2 Å². The summed E-state index contributed by atoms with van der Waals surface area (Å²) < 4.78 is 27.7. The highest BCUT2D eigenvalue weighted by Crippen LogP contribution is 2.46. The molecular formula is C17H14F2N2O2S. The number of fused-ring (bicyclic) bond motifs is 1. The molecule has 0 saturated carbocycles. The molecule has 24 heavy (non-hydrogen) atoms. The smallest absolute Gasteiger partial charge is 0.258 e. The van der Waals surface area contributed by atoms with Gasteiger partial charge in [-0.1, -0.05) is 0 Å². The maximum atomic E-state index is 14.2. The quantitative estimate of drug-likeness (QED) is 0.845. The van der Waals surface area contributed by atoms with Gasteiger partial charge in [0.15, 0.2) is 5.54 Å². The Morgan fingerprint density at radius 1 is 1.33 bits per heavy atom. The molecule has 2 amide bonds. The summed E-state index contributed by atoms with van der Waals surface area (Å²) in [5.41, 5.74) is 1.00. The highest BCUT2D eigenvalue weighted by atomic mass is 32.2. The van der Waals surface area contributed by atoms with Gasteiger partial charge in [0.2, 0.25) is 5.91 Å². The van der Waals surface area contributed by atoms with Crippen LogP contribution in [0.15, 0.2) is 35.5 Å². The van der Waals surface area contributed by atoms with Gasteiger partial charge in [0.1, 0.15) is 11.6 Å². The first-order chi connectivity index (χ1) is 11.4. The first-order valence-corrected chi connectivity index (χ1v) is 8.66. The van der Waals surface area contributed by atoms with E-state index < -0.39 is 17.2 Å². The van der Waals surface area contributed by atoms with Crippen LogP contribution in [0.1, 0.15) is 12.5 Å². The largest absolute Gasteiger partial charge is 0.326 e. The van der Waals surface area contributed by atoms with Crippen molar-refractivity contribution in [3.05, 3.63) is 52.7 Å². The Hall–Kier alpha value is -2.15. The van der Waals surface area contributed by atoms with Crippen LogP contribution in [0.3, 0.4) is 0 Å². The molecule has 0 saturated heterocycles. The van der Waals surface area contributed by atoms with Gasteiger partial charge in [-0.15, -0.1) is 0 Å². The molecule has 0 radical (unpaired) electrons. The van der Waals surface area contributed by atoms with E-state index >= 15 is 0 Å². The molecule has 3 aliphatic rings. The van der Waals surface area contributed by atoms with Crippen molar-refractivity contribution in [2.45, 2.75) is 12.5 Å². The van der Waals surface area contributed by atoms with Crippen LogP contribution in [0.25, 0.3) is 5.57 Å². The summed E-state index contributed by atoms with van der Waals surface area (Å²) in [7, 11) is 0. The molecule has 1 spiro atoms. The molecule has 124 valence electrons. The molecule has 1 aromatic carbocycles. The van der Waals surface area contributed by atoms with E-state index in [0.29, 0.717) is 17.1 Å². The fraction of sp³-hybridized carbons (Fsp3) is 0.294. The van der Waals surface area contributed by atoms with Crippen molar-refractivity contribution in [2.24, 2.45) is 0 Å². The van der Waals surface area contributed by atoms with E-state index in [4.69, 9.17) is 0 Å². The van der Waals surface area contributed by atoms with Crippen molar-refractivity contribution in [1.82, 2.24) is 10.2 Å². The summed E-state index contributed by atoms with van der Waals surface area (Å²) in [4.78, 5) is 26.3. The number of hydrogen-bond acceptors (Lipinski definition) is 3. The lowest BCUT2D eigenvalue weighted by Gasteiger charge is -2.33. The predicted octanol–water partition coefficient (Wildman–Crippen LogP) is 2.08. The predicted molar refractivity (Wildman–Crippen MR) is 86.9 cm³/mol. The lowest BCUT2D eigenvalue weighted by atomic mass is 9.90. The monoisotopic (exact) mass is 348 g/mol. The molecule has 4 nitrogen and oxygen atoms in total. The van der Waals surface area contributed by atoms with Crippen molar-refractivity contribution in [1.29, 1.82) is 0 Å². The summed E-state index contributed by atoms with van der Waals surface area (Å²) >= 11 is 1.66. The van der Waals surface area contributed by atoms with Gasteiger partial charge < -0.3 is 10.2 Å². The number of carbonyl (C=O) groups excluding carboxylic acids is 2. The molecule has 0 aliphatic carbocycles. The Morgan fingerprint density at radius 3 is 2.88 bits per heavy atom. The first kappa shape index (κ1) is 15.4. The van der Waals surface area contributed by atoms with Crippen LogP contribution in [0.2, 0.25) is 0 Å². The Labute approximate surface area is 141 Å². The third kappa shape index (κ3) is 1.97. The Morgan fingerprint density at radius 2 is 2.12 bits per heavy atom. The number of amides is 2. The normalized spacial score (nSPS) is 25.4. The Kier molecular flexibility index (Phi) is 3.32. The zero-order valence-corrected chi connectivity index (χ0v) is 13.7. The lowest BCUT2D eigenvalue weighted by Crippen LogP contribution is -2.54. The highest BCUT2D eigenvalue weighted by molar-refractivity contribution is 7.99. The third-order valence-corrected chi connectivity index (χ3v) is 5.71. The summed E-state index contributed by atoms with van der Waals surface area (Å²) in [5.74, 6) is -0.389. The van der Waals surface area contributed by atoms with Crippen LogP contribution >= 0.6 is 11.8 Å². The second-order valence-corrected chi connectivity index (χ2v) is 7.05. The number of nitrogens with zero attached hydrogens (tertiary/aromatic N) is 1. The molecule has 3 aliphatic heterocycles. The number of nitrogens with one attached hydrogen (secondary N) is 1. The van der Waals surface area contributed by atoms with E-state index in [1.807, 2.05) is 0 Å². The van der Waals surface area contributed by atoms with Crippen LogP contribution in [0.4, 0.5) is 8.78 Å². The minimum Gasteiger partial charge on any atom is -0.326 e. The number of thioether (sulfide) groups is 1. The molecule has 7 heteroatoms. The molecular weight excluding hydrogens is 334 g/mol. The van der Waals surface area contributed by atoms with Crippen molar-refractivity contribution in [3.63, 3.8) is 0 Å². The van der Waals surface area contributed by atoms with Gasteiger partial charge in [-0.2, -0.15) is 11.8 Å². The van der Waals surface area contributed by atoms with E-state index in [1.54, 1.807) is 17.8 Å². The van der Waals surface area contributed by atoms with E-state index in [-0.39, 0.29) is 23.9 Å². The molecule has 1 unspecified atom stereocenters. The van der Waals surface area contributed by atoms with Crippen LogP contribution in [-0.2, 0) is 9.59 Å². The molecule has 4 rings (SSSR count). The van der Waals surface area contributed by atoms with Crippen LogP contribution in [0, 0.1) is 11.6 Å². The van der Waals surface area contributed by atoms with E-state index in [0.717, 1.165) is 29.5 Å². The van der Waals surface area contributed by atoms with Crippen molar-refractivity contribution in [3.8, 4) is 0 Å². The van der Waals surface area contributed by atoms with E-state index in [9.17, 15) is 18.4 Å². The molecule has 0 aromatic heterocycles. The van der Waals surface area contributed by atoms with Crippen LogP contribution < -0.4 is 5.32 Å². The van der Waals surface area contributed by atoms with Crippen molar-refractivity contribution < 1.29 is 18.4 Å². The average molecular weight is 348 g/mol. The third-order valence-electron chi connectivity index (χ3n) is 4.72. The summed E-state index contributed by atoms with van der Waals surface area (Å²) in [6.07, 6.45) is 1.62. The number of halogens is 2. The van der Waals surface area contributed by atoms with Crippen LogP contribution in [0.5, 0.6) is 0 Å². The minimum absolute atomic E-state index is 0.0740. The second kappa shape index (κ2) is 5.17. The number of benzene rings is 1. The van der Waals surface area contributed by atoms with Gasteiger partial charge in [-0.25, -0.2) is 8.78 Å². The topological polar surface area (TPSA) is 49.4 Å². The zero-order chi connectivity index (χ0) is 17.1. The Balaban J connectivity index is 1.89. The Bertz CT molecular complexity index is 849. The summed E-state index contributed by atoms with van der Waals surface area (Å²) in [5, 5.41) is 2.85. The average Bonchev–Trinajstić information content (AvgIpc) is 3.19. The molecule has 1 atom stereocenters. The molecule has 1 aromatic rings. The lowest BCUT2D eigenvalue weighted by molar-refractivity contribution is -0.138. The number of carbonyl (C=O) groups is 2. The van der Waals surface area contributed by atoms with Gasteiger partial charge >= 0.3 is 0 Å². The van der Waals surface area contributed by atoms with Crippen LogP contribution in [-0.4, -0.2) is 40.3 Å². The maximum Gasteiger partial charge on any atom is 0.258 e. The van der Waals surface area contributed by atoms with Gasteiger partial charge in [0.25, 0.3) is 5.91 Å². The molecule has 0 fully saturated rings. The molecule has 1 N–H and O–H groups in total. The zero-order valence-electron chi connectivity index (χ0n) is 12.9. The minimum atomic E-state index is -1.21. The second-order valence-electron chi connectivity index (χ2n) is 6.07. The number of rotatable bonds is 1. The summed E-state index contributed by atoms with van der Waals surface area (Å²) in [6, 6.07) is 3.20. The van der Waals surface area contributed by atoms with Crippen molar-refractivity contribution >= 4 is 29.1 Å². The van der Waals surface area contributed by atoms with E-state index in [1.165, 1.54) is 11.8 Å². The van der Waals surface area contributed by atoms with Gasteiger partial charge in [-0.05, 0) is 35.4 Å². The first-order valence-electron chi connectivity index (χ1n) is 7.50. The molecule has 3 heterocycles. The van der Waals surface area contributed by atoms with Crippen molar-refractivity contribution in [2.75, 3.05) is 18.1 Å². The van der Waals surface area contributed by atoms with Gasteiger partial charge in [-0.3, -0.25) is 9.59 Å².